The second-order valence-corrected chi connectivity index (χ2v) is 7.98. The number of hydrogen-bond acceptors (Lipinski definition) is 5. The van der Waals surface area contributed by atoms with Gasteiger partial charge in [0.05, 0.1) is 0 Å². The summed E-state index contributed by atoms with van der Waals surface area (Å²) in [6.07, 6.45) is -0.736. The maximum Gasteiger partial charge on any atom is 0.407 e. The van der Waals surface area contributed by atoms with Crippen molar-refractivity contribution in [1.29, 1.82) is 0 Å². The van der Waals surface area contributed by atoms with E-state index in [2.05, 4.69) is 17.4 Å². The summed E-state index contributed by atoms with van der Waals surface area (Å²) in [6, 6.07) is 18.5. The summed E-state index contributed by atoms with van der Waals surface area (Å²) in [4.78, 5) is 26.3. The van der Waals surface area contributed by atoms with Gasteiger partial charge in [-0.15, -0.1) is 0 Å². The molecule has 2 aromatic carbocycles. The lowest BCUT2D eigenvalue weighted by Gasteiger charge is -2.18. The number of aliphatic carboxylic acids is 1. The summed E-state index contributed by atoms with van der Waals surface area (Å²) < 4.78 is 11.3. The number of alkyl carbamates (subject to hydrolysis) is 1. The summed E-state index contributed by atoms with van der Waals surface area (Å²) in [5.41, 5.74) is 4.46. The summed E-state index contributed by atoms with van der Waals surface area (Å²) in [7, 11) is 0. The van der Waals surface area contributed by atoms with E-state index >= 15 is 0 Å². The van der Waals surface area contributed by atoms with Crippen LogP contribution in [0, 0.1) is 0 Å². The molecule has 1 atom stereocenters. The van der Waals surface area contributed by atoms with Gasteiger partial charge in [-0.25, -0.2) is 9.59 Å². The zero-order valence-corrected chi connectivity index (χ0v) is 18.8. The molecule has 3 aromatic rings. The van der Waals surface area contributed by atoms with Gasteiger partial charge >= 0.3 is 12.1 Å². The zero-order valence-electron chi connectivity index (χ0n) is 18.8. The molecule has 1 aliphatic carbocycles. The fraction of sp³-hybridized carbons (Fsp3) is 0.308. The SMILES string of the molecule is CCN(CC)c1ccc(CC(NC(=O)OCC2c3ccccc3-c3ccccc32)C(=O)O)o1. The number of carboxylic acid groups (broad SMARTS) is 1. The topological polar surface area (TPSA) is 92.0 Å². The maximum absolute atomic E-state index is 12.5. The van der Waals surface area contributed by atoms with Crippen LogP contribution in [0.5, 0.6) is 0 Å². The minimum absolute atomic E-state index is 0.0286. The lowest BCUT2D eigenvalue weighted by atomic mass is 9.98. The van der Waals surface area contributed by atoms with Crippen LogP contribution in [0.25, 0.3) is 11.1 Å². The van der Waals surface area contributed by atoms with Gasteiger partial charge in [0.1, 0.15) is 18.4 Å². The smallest absolute Gasteiger partial charge is 0.407 e. The van der Waals surface area contributed by atoms with E-state index in [1.54, 1.807) is 6.07 Å². The van der Waals surface area contributed by atoms with Crippen molar-refractivity contribution < 1.29 is 23.8 Å². The first kappa shape index (κ1) is 22.5. The summed E-state index contributed by atoms with van der Waals surface area (Å²) in [6.45, 7) is 5.72. The molecular weight excluding hydrogens is 420 g/mol. The molecule has 0 saturated heterocycles. The van der Waals surface area contributed by atoms with Crippen molar-refractivity contribution in [3.05, 3.63) is 77.6 Å². The largest absolute Gasteiger partial charge is 0.480 e. The number of amides is 1. The number of hydrogen-bond donors (Lipinski definition) is 2. The van der Waals surface area contributed by atoms with Crippen LogP contribution >= 0.6 is 0 Å². The van der Waals surface area contributed by atoms with Crippen LogP contribution in [0.1, 0.15) is 36.7 Å². The van der Waals surface area contributed by atoms with E-state index in [-0.39, 0.29) is 18.9 Å². The Balaban J connectivity index is 1.40. The number of carbonyl (C=O) groups is 2. The van der Waals surface area contributed by atoms with Gasteiger partial charge in [-0.05, 0) is 42.2 Å². The van der Waals surface area contributed by atoms with Gasteiger partial charge in [-0.3, -0.25) is 0 Å². The Kier molecular flexibility index (Phi) is 6.68. The fourth-order valence-corrected chi connectivity index (χ4v) is 4.37. The summed E-state index contributed by atoms with van der Waals surface area (Å²) in [5, 5.41) is 12.1. The highest BCUT2D eigenvalue weighted by Gasteiger charge is 2.30. The van der Waals surface area contributed by atoms with Crippen molar-refractivity contribution in [2.45, 2.75) is 32.2 Å². The average molecular weight is 449 g/mol. The van der Waals surface area contributed by atoms with Crippen molar-refractivity contribution in [1.82, 2.24) is 5.32 Å². The quantitative estimate of drug-likeness (QED) is 0.495. The predicted molar refractivity (Wildman–Crippen MR) is 126 cm³/mol. The number of benzene rings is 2. The summed E-state index contributed by atoms with van der Waals surface area (Å²) in [5.74, 6) is -0.0686. The Morgan fingerprint density at radius 3 is 2.18 bits per heavy atom. The van der Waals surface area contributed by atoms with Crippen LogP contribution in [0.2, 0.25) is 0 Å². The van der Waals surface area contributed by atoms with E-state index in [4.69, 9.17) is 9.15 Å². The third kappa shape index (κ3) is 4.72. The molecular formula is C26H28N2O5. The van der Waals surface area contributed by atoms with Crippen molar-refractivity contribution in [2.24, 2.45) is 0 Å². The molecule has 2 N–H and O–H groups in total. The first-order chi connectivity index (χ1) is 16.0. The van der Waals surface area contributed by atoms with Gasteiger partial charge in [-0.2, -0.15) is 0 Å². The molecule has 0 saturated carbocycles. The Hall–Kier alpha value is -3.74. The molecule has 7 heteroatoms. The molecule has 0 radical (unpaired) electrons. The van der Waals surface area contributed by atoms with Crippen molar-refractivity contribution in [3.8, 4) is 11.1 Å². The van der Waals surface area contributed by atoms with E-state index in [1.165, 1.54) is 0 Å². The second kappa shape index (κ2) is 9.81. The molecule has 1 heterocycles. The number of carbonyl (C=O) groups excluding carboxylic acids is 1. The van der Waals surface area contributed by atoms with Crippen LogP contribution in [0.4, 0.5) is 10.7 Å². The molecule has 33 heavy (non-hydrogen) atoms. The molecule has 1 aromatic heterocycles. The predicted octanol–water partition coefficient (Wildman–Crippen LogP) is 4.66. The number of ether oxygens (including phenoxy) is 1. The van der Waals surface area contributed by atoms with Gasteiger partial charge < -0.3 is 24.5 Å². The summed E-state index contributed by atoms with van der Waals surface area (Å²) >= 11 is 0. The lowest BCUT2D eigenvalue weighted by molar-refractivity contribution is -0.139. The van der Waals surface area contributed by atoms with Crippen molar-refractivity contribution in [3.63, 3.8) is 0 Å². The van der Waals surface area contributed by atoms with Gasteiger partial charge in [0, 0.05) is 31.5 Å². The number of nitrogens with zero attached hydrogens (tertiary/aromatic N) is 1. The Labute approximate surface area is 193 Å². The van der Waals surface area contributed by atoms with Crippen LogP contribution in [-0.4, -0.2) is 42.9 Å². The molecule has 172 valence electrons. The van der Waals surface area contributed by atoms with Gasteiger partial charge in [0.2, 0.25) is 0 Å². The number of carboxylic acids is 1. The second-order valence-electron chi connectivity index (χ2n) is 7.98. The van der Waals surface area contributed by atoms with E-state index < -0.39 is 18.1 Å². The molecule has 0 spiro atoms. The molecule has 1 aliphatic rings. The third-order valence-corrected chi connectivity index (χ3v) is 6.06. The fourth-order valence-electron chi connectivity index (χ4n) is 4.37. The molecule has 4 rings (SSSR count). The molecule has 0 bridgehead atoms. The van der Waals surface area contributed by atoms with Crippen LogP contribution < -0.4 is 10.2 Å². The van der Waals surface area contributed by atoms with Crippen molar-refractivity contribution in [2.75, 3.05) is 24.6 Å². The van der Waals surface area contributed by atoms with Gasteiger partial charge in [0.25, 0.3) is 0 Å². The number of fused-ring (bicyclic) bond motifs is 3. The van der Waals surface area contributed by atoms with Crippen LogP contribution in [-0.2, 0) is 16.0 Å². The number of anilines is 1. The Bertz CT molecular complexity index is 1090. The Morgan fingerprint density at radius 2 is 1.61 bits per heavy atom. The number of furan rings is 1. The minimum atomic E-state index is -1.16. The van der Waals surface area contributed by atoms with E-state index in [0.29, 0.717) is 11.6 Å². The van der Waals surface area contributed by atoms with Crippen molar-refractivity contribution >= 4 is 17.9 Å². The third-order valence-electron chi connectivity index (χ3n) is 6.06. The maximum atomic E-state index is 12.5. The van der Waals surface area contributed by atoms with E-state index in [9.17, 15) is 14.7 Å². The molecule has 0 aliphatic heterocycles. The molecule has 0 fully saturated rings. The molecule has 1 amide bonds. The standard InChI is InChI=1S/C26H28N2O5/c1-3-28(4-2)24-14-13-17(33-24)15-23(25(29)30)27-26(31)32-16-22-20-11-7-5-9-18(20)19-10-6-8-12-21(19)22/h5-14,22-23H,3-4,15-16H2,1-2H3,(H,27,31)(H,29,30). The zero-order chi connectivity index (χ0) is 23.4. The molecule has 7 nitrogen and oxygen atoms in total. The van der Waals surface area contributed by atoms with E-state index in [0.717, 1.165) is 35.3 Å². The number of nitrogens with one attached hydrogen (secondary N) is 1. The molecule has 1 unspecified atom stereocenters. The van der Waals surface area contributed by atoms with E-state index in [1.807, 2.05) is 61.2 Å². The van der Waals surface area contributed by atoms with Crippen LogP contribution in [0.15, 0.2) is 65.1 Å². The van der Waals surface area contributed by atoms with Gasteiger partial charge in [-0.1, -0.05) is 48.5 Å². The normalized spacial score (nSPS) is 13.2. The van der Waals surface area contributed by atoms with Gasteiger partial charge in [0.15, 0.2) is 5.88 Å². The monoisotopic (exact) mass is 448 g/mol. The average Bonchev–Trinajstić information content (AvgIpc) is 3.41. The Morgan fingerprint density at radius 1 is 1.00 bits per heavy atom. The van der Waals surface area contributed by atoms with Crippen LogP contribution in [0.3, 0.4) is 0 Å². The highest BCUT2D eigenvalue weighted by atomic mass is 16.5. The minimum Gasteiger partial charge on any atom is -0.480 e. The highest BCUT2D eigenvalue weighted by molar-refractivity contribution is 5.81. The number of rotatable bonds is 9. The lowest BCUT2D eigenvalue weighted by Crippen LogP contribution is -2.42. The first-order valence-corrected chi connectivity index (χ1v) is 11.2. The highest BCUT2D eigenvalue weighted by Crippen LogP contribution is 2.44. The first-order valence-electron chi connectivity index (χ1n) is 11.2.